The van der Waals surface area contributed by atoms with Crippen LogP contribution < -0.4 is 20.1 Å². The van der Waals surface area contributed by atoms with Gasteiger partial charge in [0.2, 0.25) is 35.4 Å². The third-order valence-electron chi connectivity index (χ3n) is 14.0. The van der Waals surface area contributed by atoms with E-state index in [2.05, 4.69) is 30.6 Å². The summed E-state index contributed by atoms with van der Waals surface area (Å²) in [5, 5.41) is 7.15. The number of ether oxygens (including phenoxy) is 2. The lowest BCUT2D eigenvalue weighted by Gasteiger charge is -2.33. The Morgan fingerprint density at radius 1 is 0.784 bits per heavy atom. The fourth-order valence-corrected chi connectivity index (χ4v) is 9.27. The van der Waals surface area contributed by atoms with Gasteiger partial charge in [-0.2, -0.15) is 0 Å². The molecule has 2 fully saturated rings. The molecule has 4 aromatic heterocycles. The van der Waals surface area contributed by atoms with Gasteiger partial charge in [-0.05, 0) is 56.5 Å². The molecule has 0 saturated carbocycles. The number of benzene rings is 2. The summed E-state index contributed by atoms with van der Waals surface area (Å²) in [6, 6.07) is 20.3. The zero-order valence-corrected chi connectivity index (χ0v) is 43.6. The number of alkyl halides is 1. The predicted molar refractivity (Wildman–Crippen MR) is 281 cm³/mol. The summed E-state index contributed by atoms with van der Waals surface area (Å²) in [6.07, 6.45) is 13.1. The number of likely N-dealkylation sites (tertiary alicyclic amines) is 1. The number of hydrogen-bond acceptors (Lipinski definition) is 14. The molecule has 16 nitrogen and oxygen atoms in total. The molecule has 394 valence electrons. The monoisotopic (exact) mass is 1010 g/mol. The van der Waals surface area contributed by atoms with Crippen molar-refractivity contribution < 1.29 is 41.9 Å². The first-order valence-electron chi connectivity index (χ1n) is 26.0. The molecule has 4 atom stereocenters. The van der Waals surface area contributed by atoms with Gasteiger partial charge in [-0.3, -0.25) is 24.1 Å². The van der Waals surface area contributed by atoms with E-state index < -0.39 is 18.3 Å². The minimum absolute atomic E-state index is 0.00379. The first kappa shape index (κ1) is 54.9. The standard InChI is InChI=1S/C29H36N4O4.C28H35FN4O4/c1-4-24(34)8-6-5-7-9-25(33(2)29(35)23-16-30-17-23)28-32-19-26(37-28)21-12-10-20(11-13-21)22-14-15-27(36-3)31-18-22;1-4-20(34)11-6-5-7-13-23(31-26(35)24-15-19(29)17-33(24)2)28-30-16-25(37-28)21-14-18-10-8-9-12-22(18)32-27(21)36-3/h10-15,18-19,23,25,30H,4-9,16-17H2,1-3H3;8-10,12,14,16,19,23-24H,4-7,11,13,15,17H2,1-3H3,(H,31,35)/t25-;19-,23-,24-/m00/s1. The summed E-state index contributed by atoms with van der Waals surface area (Å²) in [6.45, 7) is 5.43. The summed E-state index contributed by atoms with van der Waals surface area (Å²) in [5.74, 6) is 3.51. The lowest BCUT2D eigenvalue weighted by atomic mass is 9.99. The van der Waals surface area contributed by atoms with Crippen LogP contribution in [0.5, 0.6) is 11.8 Å². The average molecular weight is 1020 g/mol. The average Bonchev–Trinajstić information content (AvgIpc) is 4.19. The third kappa shape index (κ3) is 14.5. The van der Waals surface area contributed by atoms with Gasteiger partial charge in [0, 0.05) is 87.6 Å². The predicted octanol–water partition coefficient (Wildman–Crippen LogP) is 10.1. The second-order valence-corrected chi connectivity index (χ2v) is 19.2. The lowest BCUT2D eigenvalue weighted by molar-refractivity contribution is -0.138. The molecule has 6 aromatic rings. The number of halogens is 1. The number of amides is 2. The number of ketones is 2. The van der Waals surface area contributed by atoms with Crippen molar-refractivity contribution in [1.82, 2.24) is 40.4 Å². The van der Waals surface area contributed by atoms with Gasteiger partial charge >= 0.3 is 0 Å². The van der Waals surface area contributed by atoms with Gasteiger partial charge in [0.05, 0.1) is 49.7 Å². The number of likely N-dealkylation sites (N-methyl/N-ethyl adjacent to an activating group) is 1. The molecule has 2 N–H and O–H groups in total. The maximum Gasteiger partial charge on any atom is 0.238 e. The molecule has 6 heterocycles. The summed E-state index contributed by atoms with van der Waals surface area (Å²) in [5.41, 5.74) is 4.42. The molecule has 17 heteroatoms. The van der Waals surface area contributed by atoms with Crippen LogP contribution in [-0.2, 0) is 19.2 Å². The molecular weight excluding hydrogens is 944 g/mol. The number of carbonyl (C=O) groups is 4. The van der Waals surface area contributed by atoms with Crippen LogP contribution in [0.15, 0.2) is 94.2 Å². The fraction of sp³-hybridized carbons (Fsp3) is 0.474. The van der Waals surface area contributed by atoms with Crippen molar-refractivity contribution in [2.45, 2.75) is 122 Å². The number of nitrogens with one attached hydrogen (secondary N) is 2. The number of rotatable bonds is 25. The number of carbonyl (C=O) groups excluding carboxylic acids is 4. The van der Waals surface area contributed by atoms with Crippen LogP contribution in [0.3, 0.4) is 0 Å². The highest BCUT2D eigenvalue weighted by Gasteiger charge is 2.36. The second-order valence-electron chi connectivity index (χ2n) is 19.2. The van der Waals surface area contributed by atoms with E-state index in [0.29, 0.717) is 91.6 Å². The highest BCUT2D eigenvalue weighted by Crippen LogP contribution is 2.35. The van der Waals surface area contributed by atoms with Gasteiger partial charge in [0.1, 0.15) is 29.8 Å². The van der Waals surface area contributed by atoms with Crippen LogP contribution in [0.4, 0.5) is 4.39 Å². The third-order valence-corrected chi connectivity index (χ3v) is 14.0. The normalized spacial score (nSPS) is 16.4. The van der Waals surface area contributed by atoms with Crippen LogP contribution in [0, 0.1) is 5.92 Å². The highest BCUT2D eigenvalue weighted by molar-refractivity contribution is 5.85. The SMILES string of the molecule is CCC(=O)CCCCC[C@@H](c1ncc(-c2ccc(-c3ccc(OC)nc3)cc2)o1)N(C)C(=O)C1CNC1.CCC(=O)CCCCC[C@H](NC(=O)[C@@H]1C[C@H](F)CN1C)c1ncc(-c2cc3ccccc3nc2OC)o1. The Kier molecular flexibility index (Phi) is 20.0. The van der Waals surface area contributed by atoms with Crippen molar-refractivity contribution in [2.75, 3.05) is 47.9 Å². The first-order chi connectivity index (χ1) is 35.9. The number of hydrogen-bond donors (Lipinski definition) is 2. The zero-order valence-electron chi connectivity index (χ0n) is 43.6. The van der Waals surface area contributed by atoms with Crippen molar-refractivity contribution in [2.24, 2.45) is 5.92 Å². The number of methoxy groups -OCH3 is 2. The molecule has 8 rings (SSSR count). The Morgan fingerprint density at radius 2 is 1.43 bits per heavy atom. The number of Topliss-reactive ketones (excluding diaryl/α,β-unsaturated/α-hetero) is 2. The van der Waals surface area contributed by atoms with E-state index in [1.807, 2.05) is 87.6 Å². The van der Waals surface area contributed by atoms with Gasteiger partial charge in [-0.1, -0.05) is 82.0 Å². The maximum absolute atomic E-state index is 13.9. The highest BCUT2D eigenvalue weighted by atomic mass is 19.1. The molecule has 0 spiro atoms. The molecule has 2 aliphatic heterocycles. The van der Waals surface area contributed by atoms with Gasteiger partial charge in [-0.25, -0.2) is 24.3 Å². The number of pyridine rings is 2. The Balaban J connectivity index is 0.000000216. The van der Waals surface area contributed by atoms with Crippen molar-refractivity contribution >= 4 is 34.3 Å². The van der Waals surface area contributed by atoms with Gasteiger partial charge in [-0.15, -0.1) is 0 Å². The van der Waals surface area contributed by atoms with Crippen molar-refractivity contribution in [1.29, 1.82) is 0 Å². The summed E-state index contributed by atoms with van der Waals surface area (Å²) < 4.78 is 36.9. The number of nitrogens with zero attached hydrogens (tertiary/aromatic N) is 6. The summed E-state index contributed by atoms with van der Waals surface area (Å²) in [7, 11) is 6.75. The van der Waals surface area contributed by atoms with E-state index in [9.17, 15) is 23.6 Å². The molecule has 2 amide bonds. The fourth-order valence-electron chi connectivity index (χ4n) is 9.27. The topological polar surface area (TPSA) is 195 Å². The molecule has 0 bridgehead atoms. The quantitative estimate of drug-likeness (QED) is 0.0514. The maximum atomic E-state index is 13.9. The van der Waals surface area contributed by atoms with Crippen LogP contribution in [0.2, 0.25) is 0 Å². The minimum Gasteiger partial charge on any atom is -0.481 e. The zero-order chi connectivity index (χ0) is 52.6. The van der Waals surface area contributed by atoms with Gasteiger partial charge in [0.25, 0.3) is 0 Å². The van der Waals surface area contributed by atoms with Gasteiger partial charge in [0.15, 0.2) is 11.5 Å². The molecule has 0 unspecified atom stereocenters. The lowest BCUT2D eigenvalue weighted by Crippen LogP contribution is -2.51. The second kappa shape index (κ2) is 26.9. The van der Waals surface area contributed by atoms with Crippen LogP contribution in [-0.4, -0.2) is 113 Å². The Hall–Kier alpha value is -6.85. The molecule has 2 aliphatic rings. The first-order valence-corrected chi connectivity index (χ1v) is 26.0. The van der Waals surface area contributed by atoms with Crippen molar-refractivity contribution in [3.8, 4) is 45.5 Å². The number of oxazole rings is 2. The minimum atomic E-state index is -1.02. The van der Waals surface area contributed by atoms with E-state index in [1.54, 1.807) is 49.7 Å². The molecule has 74 heavy (non-hydrogen) atoms. The van der Waals surface area contributed by atoms with Crippen molar-refractivity contribution in [3.05, 3.63) is 97.1 Å². The van der Waals surface area contributed by atoms with Crippen LogP contribution in [0.1, 0.15) is 121 Å². The van der Waals surface area contributed by atoms with Crippen LogP contribution >= 0.6 is 0 Å². The smallest absolute Gasteiger partial charge is 0.238 e. The number of aromatic nitrogens is 4. The molecule has 0 aliphatic carbocycles. The van der Waals surface area contributed by atoms with E-state index in [0.717, 1.165) is 72.5 Å². The van der Waals surface area contributed by atoms with Crippen LogP contribution in [0.25, 0.3) is 44.7 Å². The summed E-state index contributed by atoms with van der Waals surface area (Å²) >= 11 is 0. The molecule has 2 saturated heterocycles. The van der Waals surface area contributed by atoms with E-state index in [1.165, 1.54) is 0 Å². The van der Waals surface area contributed by atoms with E-state index in [4.69, 9.17) is 18.3 Å². The summed E-state index contributed by atoms with van der Waals surface area (Å²) in [4.78, 5) is 70.8. The van der Waals surface area contributed by atoms with Crippen molar-refractivity contribution in [3.63, 3.8) is 0 Å². The van der Waals surface area contributed by atoms with Gasteiger partial charge < -0.3 is 33.8 Å². The number of para-hydroxylation sites is 1. The van der Waals surface area contributed by atoms with E-state index in [-0.39, 0.29) is 42.5 Å². The number of unbranched alkanes of at least 4 members (excludes halogenated alkanes) is 4. The Labute approximate surface area is 433 Å². The number of fused-ring (bicyclic) bond motifs is 1. The molecule has 0 radical (unpaired) electrons. The molecule has 2 aromatic carbocycles. The largest absolute Gasteiger partial charge is 0.481 e. The Bertz CT molecular complexity index is 2780. The van der Waals surface area contributed by atoms with E-state index >= 15 is 0 Å². The Morgan fingerprint density at radius 3 is 2.05 bits per heavy atom. The molecular formula is C57H71FN8O8.